The van der Waals surface area contributed by atoms with Gasteiger partial charge in [0, 0.05) is 6.04 Å². The third-order valence-corrected chi connectivity index (χ3v) is 4.60. The van der Waals surface area contributed by atoms with Crippen molar-refractivity contribution in [2.45, 2.75) is 50.9 Å². The van der Waals surface area contributed by atoms with Crippen molar-refractivity contribution in [1.82, 2.24) is 9.55 Å². The van der Waals surface area contributed by atoms with Gasteiger partial charge in [-0.2, -0.15) is 0 Å². The van der Waals surface area contributed by atoms with Gasteiger partial charge in [-0.3, -0.25) is 0 Å². The van der Waals surface area contributed by atoms with Crippen LogP contribution in [-0.2, 0) is 0 Å². The van der Waals surface area contributed by atoms with Gasteiger partial charge in [-0.05, 0) is 37.8 Å². The lowest BCUT2D eigenvalue weighted by Gasteiger charge is -2.30. The zero-order valence-corrected chi connectivity index (χ0v) is 13.0. The number of aromatic nitrogens is 2. The smallest absolute Gasteiger partial charge is 0.184 e. The van der Waals surface area contributed by atoms with Crippen LogP contribution in [0.2, 0.25) is 0 Å². The first-order chi connectivity index (χ1) is 9.99. The fourth-order valence-electron chi connectivity index (χ4n) is 3.43. The van der Waals surface area contributed by atoms with Gasteiger partial charge in [-0.1, -0.05) is 19.8 Å². The number of nitrogens with zero attached hydrogens (tertiary/aromatic N) is 2. The summed E-state index contributed by atoms with van der Waals surface area (Å²) in [6.07, 6.45) is 4.20. The maximum atomic E-state index is 14.3. The minimum Gasteiger partial charge on any atom is -0.321 e. The second-order valence-corrected chi connectivity index (χ2v) is 6.77. The van der Waals surface area contributed by atoms with Crippen LogP contribution in [0.15, 0.2) is 12.1 Å². The van der Waals surface area contributed by atoms with Crippen molar-refractivity contribution in [3.8, 4) is 0 Å². The molecule has 1 aliphatic rings. The fourth-order valence-corrected chi connectivity index (χ4v) is 3.58. The minimum absolute atomic E-state index is 0.145. The summed E-state index contributed by atoms with van der Waals surface area (Å²) in [5.74, 6) is -0.436. The zero-order chi connectivity index (χ0) is 15.1. The molecule has 3 unspecified atom stereocenters. The molecule has 0 radical (unpaired) electrons. The molecule has 0 saturated heterocycles. The minimum atomic E-state index is -0.832. The highest BCUT2D eigenvalue weighted by Crippen LogP contribution is 2.38. The molecule has 1 heterocycles. The van der Waals surface area contributed by atoms with Gasteiger partial charge in [0.15, 0.2) is 11.6 Å². The van der Waals surface area contributed by atoms with Gasteiger partial charge >= 0.3 is 0 Å². The Hall–Kier alpha value is -1.16. The topological polar surface area (TPSA) is 17.8 Å². The second kappa shape index (κ2) is 5.56. The van der Waals surface area contributed by atoms with E-state index >= 15 is 0 Å². The molecule has 0 N–H and O–H groups in total. The van der Waals surface area contributed by atoms with Crippen molar-refractivity contribution in [3.05, 3.63) is 29.6 Å². The van der Waals surface area contributed by atoms with Crippen LogP contribution in [0.3, 0.4) is 0 Å². The Morgan fingerprint density at radius 3 is 2.76 bits per heavy atom. The molecule has 1 fully saturated rings. The first-order valence-corrected chi connectivity index (χ1v) is 7.92. The Bertz CT molecular complexity index is 666. The molecule has 0 amide bonds. The molecule has 1 saturated carbocycles. The molecular weight excluding hydrogens is 294 g/mol. The molecule has 1 aliphatic carbocycles. The molecule has 0 bridgehead atoms. The maximum absolute atomic E-state index is 14.3. The Morgan fingerprint density at radius 2 is 2.10 bits per heavy atom. The van der Waals surface area contributed by atoms with Crippen molar-refractivity contribution in [3.63, 3.8) is 0 Å². The molecular formula is C16H19ClF2N2. The van der Waals surface area contributed by atoms with E-state index in [0.717, 1.165) is 25.3 Å². The summed E-state index contributed by atoms with van der Waals surface area (Å²) >= 11 is 6.23. The van der Waals surface area contributed by atoms with Crippen LogP contribution in [0, 0.1) is 17.6 Å². The summed E-state index contributed by atoms with van der Waals surface area (Å²) < 4.78 is 29.8. The number of halogens is 3. The highest BCUT2D eigenvalue weighted by molar-refractivity contribution is 6.20. The van der Waals surface area contributed by atoms with E-state index in [4.69, 9.17) is 11.6 Å². The average molecular weight is 313 g/mol. The number of imidazole rings is 1. The SMILES string of the molecule is CC1CCCC(n2c(C(C)Cl)nc3ccc(F)c(F)c32)C1. The van der Waals surface area contributed by atoms with Crippen molar-refractivity contribution in [2.75, 3.05) is 0 Å². The van der Waals surface area contributed by atoms with Gasteiger partial charge in [0.2, 0.25) is 0 Å². The first-order valence-electron chi connectivity index (χ1n) is 7.49. The Labute approximate surface area is 128 Å². The second-order valence-electron chi connectivity index (χ2n) is 6.11. The van der Waals surface area contributed by atoms with Crippen LogP contribution in [0.1, 0.15) is 56.8 Å². The van der Waals surface area contributed by atoms with Crippen LogP contribution in [0.25, 0.3) is 11.0 Å². The standard InChI is InChI=1S/C16H19ClF2N2/c1-9-4-3-5-11(8-9)21-15-13(20-16(21)10(2)17)7-6-12(18)14(15)19/h6-7,9-11H,3-5,8H2,1-2H3. The zero-order valence-electron chi connectivity index (χ0n) is 12.2. The van der Waals surface area contributed by atoms with Crippen LogP contribution < -0.4 is 0 Å². The van der Waals surface area contributed by atoms with Crippen LogP contribution in [0.5, 0.6) is 0 Å². The lowest BCUT2D eigenvalue weighted by molar-refractivity contribution is 0.281. The lowest BCUT2D eigenvalue weighted by atomic mass is 9.86. The average Bonchev–Trinajstić information content (AvgIpc) is 2.83. The summed E-state index contributed by atoms with van der Waals surface area (Å²) in [6.45, 7) is 4.02. The third-order valence-electron chi connectivity index (χ3n) is 4.40. The van der Waals surface area contributed by atoms with Crippen molar-refractivity contribution >= 4 is 22.6 Å². The Balaban J connectivity index is 2.22. The summed E-state index contributed by atoms with van der Waals surface area (Å²) in [6, 6.07) is 2.80. The van der Waals surface area contributed by atoms with E-state index in [2.05, 4.69) is 11.9 Å². The van der Waals surface area contributed by atoms with E-state index < -0.39 is 11.6 Å². The summed E-state index contributed by atoms with van der Waals surface area (Å²) in [4.78, 5) is 4.44. The van der Waals surface area contributed by atoms with Gasteiger partial charge in [-0.15, -0.1) is 11.6 Å². The lowest BCUT2D eigenvalue weighted by Crippen LogP contribution is -2.20. The van der Waals surface area contributed by atoms with Gasteiger partial charge in [0.25, 0.3) is 0 Å². The van der Waals surface area contributed by atoms with E-state index in [-0.39, 0.29) is 16.9 Å². The molecule has 3 rings (SSSR count). The van der Waals surface area contributed by atoms with Gasteiger partial charge in [0.05, 0.1) is 10.9 Å². The number of fused-ring (bicyclic) bond motifs is 1. The molecule has 1 aromatic carbocycles. The van der Waals surface area contributed by atoms with Gasteiger partial charge in [-0.25, -0.2) is 13.8 Å². The van der Waals surface area contributed by atoms with Gasteiger partial charge < -0.3 is 4.57 Å². The van der Waals surface area contributed by atoms with E-state index in [1.807, 2.05) is 11.5 Å². The predicted molar refractivity (Wildman–Crippen MR) is 80.6 cm³/mol. The maximum Gasteiger partial charge on any atom is 0.184 e. The first kappa shape index (κ1) is 14.8. The number of benzene rings is 1. The highest BCUT2D eigenvalue weighted by atomic mass is 35.5. The molecule has 5 heteroatoms. The Kier molecular flexibility index (Phi) is 3.91. The number of hydrogen-bond donors (Lipinski definition) is 0. The quantitative estimate of drug-likeness (QED) is 0.682. The summed E-state index contributed by atoms with van der Waals surface area (Å²) in [5, 5.41) is -0.336. The van der Waals surface area contributed by atoms with Crippen molar-refractivity contribution in [1.29, 1.82) is 0 Å². The number of rotatable bonds is 2. The summed E-state index contributed by atoms with van der Waals surface area (Å²) in [7, 11) is 0. The summed E-state index contributed by atoms with van der Waals surface area (Å²) in [5.41, 5.74) is 0.742. The molecule has 2 nitrogen and oxygen atoms in total. The molecule has 0 spiro atoms. The van der Waals surface area contributed by atoms with Crippen LogP contribution >= 0.6 is 11.6 Å². The molecule has 3 atom stereocenters. The molecule has 1 aromatic heterocycles. The van der Waals surface area contributed by atoms with Crippen LogP contribution in [-0.4, -0.2) is 9.55 Å². The number of alkyl halides is 1. The van der Waals surface area contributed by atoms with E-state index in [1.54, 1.807) is 0 Å². The van der Waals surface area contributed by atoms with Crippen molar-refractivity contribution in [2.24, 2.45) is 5.92 Å². The van der Waals surface area contributed by atoms with E-state index in [9.17, 15) is 8.78 Å². The highest BCUT2D eigenvalue weighted by Gasteiger charge is 2.28. The van der Waals surface area contributed by atoms with Crippen molar-refractivity contribution < 1.29 is 8.78 Å². The third kappa shape index (κ3) is 2.54. The Morgan fingerprint density at radius 1 is 1.33 bits per heavy atom. The fraction of sp³-hybridized carbons (Fsp3) is 0.562. The van der Waals surface area contributed by atoms with E-state index in [1.165, 1.54) is 12.5 Å². The number of hydrogen-bond acceptors (Lipinski definition) is 1. The molecule has 0 aliphatic heterocycles. The normalized spacial score (nSPS) is 24.4. The molecule has 21 heavy (non-hydrogen) atoms. The largest absolute Gasteiger partial charge is 0.321 e. The molecule has 2 aromatic rings. The van der Waals surface area contributed by atoms with Crippen LogP contribution in [0.4, 0.5) is 8.78 Å². The van der Waals surface area contributed by atoms with Gasteiger partial charge in [0.1, 0.15) is 11.3 Å². The monoisotopic (exact) mass is 312 g/mol. The predicted octanol–water partition coefficient (Wildman–Crippen LogP) is 5.37. The molecule has 114 valence electrons. The van der Waals surface area contributed by atoms with E-state index in [0.29, 0.717) is 17.3 Å².